The first-order valence-electron chi connectivity index (χ1n) is 5.34. The van der Waals surface area contributed by atoms with Gasteiger partial charge in [-0.1, -0.05) is 39.3 Å². The van der Waals surface area contributed by atoms with Gasteiger partial charge >= 0.3 is 18.9 Å². The summed E-state index contributed by atoms with van der Waals surface area (Å²) < 4.78 is 9.31. The number of rotatable bonds is 5. The van der Waals surface area contributed by atoms with Crippen LogP contribution in [-0.4, -0.2) is 42.9 Å². The maximum Gasteiger partial charge on any atom is 1.00 e. The molecule has 0 aliphatic heterocycles. The molecule has 94 valence electrons. The van der Waals surface area contributed by atoms with Crippen molar-refractivity contribution in [3.05, 3.63) is 0 Å². The van der Waals surface area contributed by atoms with Crippen molar-refractivity contribution in [3.63, 3.8) is 0 Å². The monoisotopic (exact) mass is 274 g/mol. The molecule has 16 heavy (non-hydrogen) atoms. The molecule has 0 atom stereocenters. The zero-order chi connectivity index (χ0) is 12.5. The first kappa shape index (κ1) is 22.6. The Morgan fingerprint density at radius 1 is 0.750 bits per heavy atom. The minimum atomic E-state index is -0.759. The fourth-order valence-corrected chi connectivity index (χ4v) is 27.3. The van der Waals surface area contributed by atoms with Crippen molar-refractivity contribution in [1.29, 1.82) is 0 Å². The first-order valence-corrected chi connectivity index (χ1v) is 14.9. The molecule has 0 fully saturated rings. The summed E-state index contributed by atoms with van der Waals surface area (Å²) in [6.07, 6.45) is 0. The molecule has 0 N–H and O–H groups in total. The molecule has 0 rings (SSSR count). The molecule has 0 heterocycles. The predicted molar refractivity (Wildman–Crippen MR) is 77.4 cm³/mol. The molecule has 2 nitrogen and oxygen atoms in total. The van der Waals surface area contributed by atoms with Gasteiger partial charge in [0.05, 0.1) is 13.2 Å². The Morgan fingerprint density at radius 3 is 1.06 bits per heavy atom. The molecule has 6 heteroatoms. The molecule has 0 saturated carbocycles. The Hall–Kier alpha value is 1.38. The number of ether oxygens (including phenoxy) is 2. The molecule has 0 spiro atoms. The average molecular weight is 274 g/mol. The maximum absolute atomic E-state index is 4.66. The number of methoxy groups -OCH3 is 2. The van der Waals surface area contributed by atoms with Crippen LogP contribution in [0.25, 0.3) is 0 Å². The van der Waals surface area contributed by atoms with E-state index in [9.17, 15) is 0 Å². The molecule has 0 radical (unpaired) electrons. The largest absolute Gasteiger partial charge is 1.00 e. The van der Waals surface area contributed by atoms with Crippen molar-refractivity contribution in [1.82, 2.24) is 0 Å². The summed E-state index contributed by atoms with van der Waals surface area (Å²) in [6.45, 7) is 16.1. The van der Waals surface area contributed by atoms with Crippen molar-refractivity contribution in [2.24, 2.45) is 0 Å². The van der Waals surface area contributed by atoms with Gasteiger partial charge in [-0.3, -0.25) is 0 Å². The number of hydrogen-bond donors (Lipinski definition) is 0. The second-order valence-corrected chi connectivity index (χ2v) is 25.1. The molecule has 0 aromatic carbocycles. The van der Waals surface area contributed by atoms with E-state index in [0.29, 0.717) is 13.2 Å². The van der Waals surface area contributed by atoms with Gasteiger partial charge in [-0.05, 0) is 0 Å². The summed E-state index contributed by atoms with van der Waals surface area (Å²) >= 11 is 0. The fourth-order valence-electron chi connectivity index (χ4n) is 1.17. The molecule has 0 saturated heterocycles. The van der Waals surface area contributed by atoms with Crippen LogP contribution >= 0.6 is 7.68 Å². The van der Waals surface area contributed by atoms with Gasteiger partial charge in [-0.15, -0.1) is 15.5 Å². The van der Waals surface area contributed by atoms with E-state index in [1.54, 1.807) is 14.2 Å². The van der Waals surface area contributed by atoms with Gasteiger partial charge in [-0.25, -0.2) is 0 Å². The van der Waals surface area contributed by atoms with Crippen molar-refractivity contribution in [2.45, 2.75) is 39.3 Å². The van der Waals surface area contributed by atoms with E-state index in [2.05, 4.69) is 48.8 Å². The topological polar surface area (TPSA) is 18.5 Å². The Labute approximate surface area is 118 Å². The molecule has 0 bridgehead atoms. The standard InChI is InChI=1S/C6H18PSi2.C4H10O2.Li/c1-8(2,3)7-9(4,5)6;1-5-3-4-6-2;/h1-6H3;3-4H2,1-2H3;/q-1;;+1. The van der Waals surface area contributed by atoms with E-state index in [4.69, 9.17) is 0 Å². The van der Waals surface area contributed by atoms with Crippen LogP contribution in [0.1, 0.15) is 0 Å². The number of hydrogen-bond acceptors (Lipinski definition) is 2. The third-order valence-electron chi connectivity index (χ3n) is 1.16. The van der Waals surface area contributed by atoms with E-state index in [1.807, 2.05) is 7.68 Å². The molecule has 0 aromatic rings. The van der Waals surface area contributed by atoms with Crippen LogP contribution in [0.5, 0.6) is 0 Å². The van der Waals surface area contributed by atoms with Crippen LogP contribution in [0.2, 0.25) is 39.3 Å². The molecular formula is C10H28LiO2PSi2. The molecule has 0 aliphatic carbocycles. The second-order valence-electron chi connectivity index (χ2n) is 5.44. The zero-order valence-electron chi connectivity index (χ0n) is 12.7. The van der Waals surface area contributed by atoms with E-state index in [0.717, 1.165) is 0 Å². The Morgan fingerprint density at radius 2 is 1.00 bits per heavy atom. The predicted octanol–water partition coefficient (Wildman–Crippen LogP) is 0.886. The summed E-state index contributed by atoms with van der Waals surface area (Å²) in [7, 11) is 3.60. The SMILES string of the molecule is COCCOC.C[Si](C)(C)[P-][Si](C)(C)C.[Li+]. The maximum atomic E-state index is 4.66. The van der Waals surface area contributed by atoms with E-state index in [1.165, 1.54) is 0 Å². The van der Waals surface area contributed by atoms with E-state index in [-0.39, 0.29) is 18.9 Å². The molecule has 0 unspecified atom stereocenters. The van der Waals surface area contributed by atoms with Gasteiger partial charge in [0.1, 0.15) is 0 Å². The second kappa shape index (κ2) is 11.5. The summed E-state index contributed by atoms with van der Waals surface area (Å²) in [5.41, 5.74) is 0. The molecule has 0 aromatic heterocycles. The molecular weight excluding hydrogens is 246 g/mol. The normalized spacial score (nSPS) is 11.2. The average Bonchev–Trinajstić information content (AvgIpc) is 1.94. The fraction of sp³-hybridized carbons (Fsp3) is 1.00. The van der Waals surface area contributed by atoms with Crippen LogP contribution in [0.4, 0.5) is 0 Å². The Bertz CT molecular complexity index is 131. The van der Waals surface area contributed by atoms with Crippen LogP contribution in [0.15, 0.2) is 0 Å². The summed E-state index contributed by atoms with van der Waals surface area (Å²) in [4.78, 5) is 0. The van der Waals surface area contributed by atoms with Gasteiger partial charge in [0.25, 0.3) is 0 Å². The summed E-state index contributed by atoms with van der Waals surface area (Å²) in [5.74, 6) is 0. The van der Waals surface area contributed by atoms with Gasteiger partial charge in [0.15, 0.2) is 0 Å². The van der Waals surface area contributed by atoms with Crippen molar-refractivity contribution in [2.75, 3.05) is 27.4 Å². The smallest absolute Gasteiger partial charge is 0.542 e. The molecule has 0 amide bonds. The van der Waals surface area contributed by atoms with E-state index >= 15 is 0 Å². The third-order valence-corrected chi connectivity index (χ3v) is 18.6. The minimum Gasteiger partial charge on any atom is -0.542 e. The Balaban J connectivity index is -0.000000214. The van der Waals surface area contributed by atoms with Crippen LogP contribution in [-0.2, 0) is 9.47 Å². The van der Waals surface area contributed by atoms with Gasteiger partial charge in [-0.2, -0.15) is 0 Å². The summed E-state index contributed by atoms with van der Waals surface area (Å²) in [6, 6.07) is 0. The van der Waals surface area contributed by atoms with Crippen LogP contribution in [0, 0.1) is 0 Å². The third kappa shape index (κ3) is 29.5. The quantitative estimate of drug-likeness (QED) is 0.421. The van der Waals surface area contributed by atoms with Gasteiger partial charge in [0, 0.05) is 14.2 Å². The minimum absolute atomic E-state index is 0. The first-order chi connectivity index (χ1) is 6.62. The summed E-state index contributed by atoms with van der Waals surface area (Å²) in [5, 5.41) is 0. The van der Waals surface area contributed by atoms with Crippen LogP contribution in [0.3, 0.4) is 0 Å². The zero-order valence-corrected chi connectivity index (χ0v) is 15.6. The van der Waals surface area contributed by atoms with Crippen molar-refractivity contribution < 1.29 is 28.3 Å². The van der Waals surface area contributed by atoms with Crippen LogP contribution < -0.4 is 18.9 Å². The van der Waals surface area contributed by atoms with Crippen molar-refractivity contribution >= 4 is 23.2 Å². The van der Waals surface area contributed by atoms with Gasteiger partial charge in [0.2, 0.25) is 0 Å². The van der Waals surface area contributed by atoms with Crippen molar-refractivity contribution in [3.8, 4) is 0 Å². The van der Waals surface area contributed by atoms with Gasteiger partial charge < -0.3 is 17.2 Å². The Kier molecular flexibility index (Phi) is 16.2. The molecule has 0 aliphatic rings. The van der Waals surface area contributed by atoms with E-state index < -0.39 is 15.5 Å².